The van der Waals surface area contributed by atoms with E-state index >= 15 is 0 Å². The molecule has 1 rings (SSSR count). The van der Waals surface area contributed by atoms with Crippen molar-refractivity contribution in [3.05, 3.63) is 0 Å². The van der Waals surface area contributed by atoms with Gasteiger partial charge in [0.2, 0.25) is 0 Å². The summed E-state index contributed by atoms with van der Waals surface area (Å²) in [5, 5.41) is 0. The Labute approximate surface area is 152 Å². The summed E-state index contributed by atoms with van der Waals surface area (Å²) >= 11 is 0. The van der Waals surface area contributed by atoms with Gasteiger partial charge in [-0.3, -0.25) is 9.69 Å². The second-order valence-electron chi connectivity index (χ2n) is 9.39. The van der Waals surface area contributed by atoms with Crippen LogP contribution in [-0.4, -0.2) is 54.9 Å². The van der Waals surface area contributed by atoms with E-state index in [0.29, 0.717) is 23.2 Å². The molecule has 0 spiro atoms. The van der Waals surface area contributed by atoms with Crippen LogP contribution in [0.4, 0.5) is 0 Å². The maximum atomic E-state index is 11.8. The lowest BCUT2D eigenvalue weighted by Crippen LogP contribution is -2.48. The van der Waals surface area contributed by atoms with Gasteiger partial charge in [-0.05, 0) is 30.2 Å². The van der Waals surface area contributed by atoms with Crippen molar-refractivity contribution in [2.45, 2.75) is 75.2 Å². The van der Waals surface area contributed by atoms with Gasteiger partial charge in [-0.25, -0.2) is 0 Å². The number of piperazine rings is 1. The molecule has 0 aromatic rings. The van der Waals surface area contributed by atoms with Crippen LogP contribution in [0, 0.1) is 16.7 Å². The molecule has 0 saturated carbocycles. The molecule has 0 aromatic heterocycles. The highest BCUT2D eigenvalue weighted by molar-refractivity contribution is 5.82. The van der Waals surface area contributed by atoms with E-state index in [-0.39, 0.29) is 5.92 Å². The topological polar surface area (TPSA) is 23.6 Å². The number of hydrogen-bond donors (Lipinski definition) is 0. The van der Waals surface area contributed by atoms with Gasteiger partial charge in [-0.15, -0.1) is 0 Å². The second-order valence-corrected chi connectivity index (χ2v) is 9.39. The summed E-state index contributed by atoms with van der Waals surface area (Å²) in [7, 11) is 0. The smallest absolute Gasteiger partial charge is 0.149 e. The highest BCUT2D eigenvalue weighted by Gasteiger charge is 2.27. The molecule has 0 unspecified atom stereocenters. The summed E-state index contributed by atoms with van der Waals surface area (Å²) in [6, 6.07) is 0. The molecular formula is C21H44N2O. The first-order valence-electron chi connectivity index (χ1n) is 9.96. The SMILES string of the molecule is CC.CC(C)C(=O)CN1CCN(CCC(C)(C)CC(C)(C)C)CC1. The van der Waals surface area contributed by atoms with Gasteiger partial charge in [0.15, 0.2) is 0 Å². The Morgan fingerprint density at radius 3 is 1.79 bits per heavy atom. The van der Waals surface area contributed by atoms with Crippen LogP contribution in [0.2, 0.25) is 0 Å². The maximum Gasteiger partial charge on any atom is 0.149 e. The van der Waals surface area contributed by atoms with Crippen molar-refractivity contribution in [2.24, 2.45) is 16.7 Å². The van der Waals surface area contributed by atoms with Crippen LogP contribution >= 0.6 is 0 Å². The summed E-state index contributed by atoms with van der Waals surface area (Å²) in [6.45, 7) is 25.9. The first-order chi connectivity index (χ1) is 11.0. The highest BCUT2D eigenvalue weighted by atomic mass is 16.1. The monoisotopic (exact) mass is 340 g/mol. The molecule has 1 fully saturated rings. The van der Waals surface area contributed by atoms with E-state index in [0.717, 1.165) is 26.2 Å². The minimum absolute atomic E-state index is 0.163. The Morgan fingerprint density at radius 2 is 1.38 bits per heavy atom. The molecule has 1 saturated heterocycles. The zero-order valence-electron chi connectivity index (χ0n) is 18.0. The fourth-order valence-corrected chi connectivity index (χ4v) is 3.56. The van der Waals surface area contributed by atoms with Crippen molar-refractivity contribution >= 4 is 5.78 Å². The predicted octanol–water partition coefficient (Wildman–Crippen LogP) is 4.71. The summed E-state index contributed by atoms with van der Waals surface area (Å²) < 4.78 is 0. The number of carbonyl (C=O) groups excluding carboxylic acids is 1. The third-order valence-corrected chi connectivity index (χ3v) is 4.60. The van der Waals surface area contributed by atoms with Crippen LogP contribution in [0.3, 0.4) is 0 Å². The van der Waals surface area contributed by atoms with E-state index in [9.17, 15) is 4.79 Å². The van der Waals surface area contributed by atoms with Crippen molar-refractivity contribution in [1.29, 1.82) is 0 Å². The molecule has 3 nitrogen and oxygen atoms in total. The van der Waals surface area contributed by atoms with Gasteiger partial charge in [0.1, 0.15) is 5.78 Å². The molecule has 24 heavy (non-hydrogen) atoms. The minimum Gasteiger partial charge on any atom is -0.301 e. The molecule has 0 aromatic carbocycles. The fourth-order valence-electron chi connectivity index (χ4n) is 3.56. The molecule has 3 heteroatoms. The summed E-state index contributed by atoms with van der Waals surface area (Å²) in [6.07, 6.45) is 2.53. The van der Waals surface area contributed by atoms with Crippen LogP contribution in [0.5, 0.6) is 0 Å². The molecule has 144 valence electrons. The van der Waals surface area contributed by atoms with Crippen molar-refractivity contribution in [2.75, 3.05) is 39.3 Å². The van der Waals surface area contributed by atoms with Crippen molar-refractivity contribution in [3.63, 3.8) is 0 Å². The standard InChI is InChI=1S/C19H38N2O.C2H6/c1-16(2)17(22)14-21-12-10-20(11-13-21)9-8-19(6,7)15-18(3,4)5;1-2/h16H,8-15H2,1-7H3;1-2H3. The van der Waals surface area contributed by atoms with E-state index in [4.69, 9.17) is 0 Å². The summed E-state index contributed by atoms with van der Waals surface area (Å²) in [4.78, 5) is 16.7. The second kappa shape index (κ2) is 10.6. The number of nitrogens with zero attached hydrogens (tertiary/aromatic N) is 2. The Morgan fingerprint density at radius 1 is 0.917 bits per heavy atom. The summed E-state index contributed by atoms with van der Waals surface area (Å²) in [5.74, 6) is 0.538. The molecule has 0 bridgehead atoms. The fraction of sp³-hybridized carbons (Fsp3) is 0.952. The van der Waals surface area contributed by atoms with Crippen LogP contribution in [-0.2, 0) is 4.79 Å². The van der Waals surface area contributed by atoms with E-state index < -0.39 is 0 Å². The van der Waals surface area contributed by atoms with Crippen LogP contribution < -0.4 is 0 Å². The minimum atomic E-state index is 0.163. The van der Waals surface area contributed by atoms with Crippen molar-refractivity contribution < 1.29 is 4.79 Å². The Bertz CT molecular complexity index is 347. The van der Waals surface area contributed by atoms with Gasteiger partial charge in [0.05, 0.1) is 6.54 Å². The van der Waals surface area contributed by atoms with Crippen LogP contribution in [0.1, 0.15) is 75.2 Å². The molecule has 1 aliphatic rings. The number of hydrogen-bond acceptors (Lipinski definition) is 3. The molecule has 1 heterocycles. The van der Waals surface area contributed by atoms with Gasteiger partial charge in [0.25, 0.3) is 0 Å². The summed E-state index contributed by atoms with van der Waals surface area (Å²) in [5.41, 5.74) is 0.808. The van der Waals surface area contributed by atoms with Gasteiger partial charge in [-0.2, -0.15) is 0 Å². The van der Waals surface area contributed by atoms with Crippen molar-refractivity contribution in [1.82, 2.24) is 9.80 Å². The molecule has 1 aliphatic heterocycles. The van der Waals surface area contributed by atoms with Crippen LogP contribution in [0.15, 0.2) is 0 Å². The quantitative estimate of drug-likeness (QED) is 0.670. The lowest BCUT2D eigenvalue weighted by Gasteiger charge is -2.38. The lowest BCUT2D eigenvalue weighted by molar-refractivity contribution is -0.123. The Hall–Kier alpha value is -0.410. The number of rotatable bonds is 7. The molecule has 0 N–H and O–H groups in total. The molecule has 0 atom stereocenters. The number of carbonyl (C=O) groups is 1. The maximum absolute atomic E-state index is 11.8. The van der Waals surface area contributed by atoms with E-state index in [1.165, 1.54) is 19.4 Å². The Kier molecular flexibility index (Phi) is 10.4. The molecule has 0 amide bonds. The molecule has 0 radical (unpaired) electrons. The van der Waals surface area contributed by atoms with Crippen molar-refractivity contribution in [3.8, 4) is 0 Å². The third-order valence-electron chi connectivity index (χ3n) is 4.60. The normalized spacial score (nSPS) is 17.6. The van der Waals surface area contributed by atoms with Gasteiger partial charge in [-0.1, -0.05) is 62.3 Å². The first-order valence-corrected chi connectivity index (χ1v) is 9.96. The highest BCUT2D eigenvalue weighted by Crippen LogP contribution is 2.35. The van der Waals surface area contributed by atoms with Crippen LogP contribution in [0.25, 0.3) is 0 Å². The molecular weight excluding hydrogens is 296 g/mol. The number of ketones is 1. The zero-order chi connectivity index (χ0) is 19.0. The van der Waals surface area contributed by atoms with E-state index in [1.54, 1.807) is 0 Å². The average molecular weight is 341 g/mol. The van der Waals surface area contributed by atoms with Gasteiger partial charge in [0, 0.05) is 32.1 Å². The Balaban J connectivity index is 0.00000254. The lowest BCUT2D eigenvalue weighted by atomic mass is 9.74. The number of Topliss-reactive ketones (excluding diaryl/α,β-unsaturated/α-hetero) is 1. The van der Waals surface area contributed by atoms with E-state index in [2.05, 4.69) is 44.4 Å². The average Bonchev–Trinajstić information content (AvgIpc) is 2.46. The van der Waals surface area contributed by atoms with Gasteiger partial charge < -0.3 is 4.90 Å². The largest absolute Gasteiger partial charge is 0.301 e. The molecule has 0 aliphatic carbocycles. The van der Waals surface area contributed by atoms with Gasteiger partial charge >= 0.3 is 0 Å². The first kappa shape index (κ1) is 23.6. The van der Waals surface area contributed by atoms with E-state index in [1.807, 2.05) is 27.7 Å². The predicted molar refractivity (Wildman–Crippen MR) is 107 cm³/mol. The zero-order valence-corrected chi connectivity index (χ0v) is 18.0. The third kappa shape index (κ3) is 10.5.